The van der Waals surface area contributed by atoms with Gasteiger partial charge in [-0.05, 0) is 44.2 Å². The Balaban J connectivity index is 1.94. The highest BCUT2D eigenvalue weighted by Crippen LogP contribution is 2.38. The predicted octanol–water partition coefficient (Wildman–Crippen LogP) is 3.29. The lowest BCUT2D eigenvalue weighted by molar-refractivity contribution is 0.0697. The summed E-state index contributed by atoms with van der Waals surface area (Å²) in [7, 11) is -3.59. The molecule has 5 heteroatoms. The standard InChI is InChI=1S/C16H22FNO2S/c1-12-6-8-15(9-7-12)21(19,20)18-11-14(17)10-13-4-2-3-5-16(13)18/h6-9,13-14,16H,2-5,10-11H2,1H3/t13-,14-,16+/m0/s1. The minimum Gasteiger partial charge on any atom is -0.246 e. The Labute approximate surface area is 126 Å². The van der Waals surface area contributed by atoms with Gasteiger partial charge in [0.05, 0.1) is 4.90 Å². The van der Waals surface area contributed by atoms with Crippen molar-refractivity contribution < 1.29 is 12.8 Å². The maximum Gasteiger partial charge on any atom is 0.243 e. The molecule has 0 unspecified atom stereocenters. The van der Waals surface area contributed by atoms with Crippen LogP contribution in [-0.2, 0) is 10.0 Å². The Kier molecular flexibility index (Phi) is 4.06. The van der Waals surface area contributed by atoms with E-state index in [1.54, 1.807) is 24.3 Å². The number of fused-ring (bicyclic) bond motifs is 1. The van der Waals surface area contributed by atoms with Gasteiger partial charge in [-0.2, -0.15) is 4.31 Å². The average molecular weight is 311 g/mol. The van der Waals surface area contributed by atoms with Crippen molar-refractivity contribution in [1.29, 1.82) is 0 Å². The van der Waals surface area contributed by atoms with Crippen LogP contribution < -0.4 is 0 Å². The molecule has 3 nitrogen and oxygen atoms in total. The third-order valence-electron chi connectivity index (χ3n) is 4.80. The van der Waals surface area contributed by atoms with E-state index in [4.69, 9.17) is 0 Å². The van der Waals surface area contributed by atoms with Crippen molar-refractivity contribution in [3.63, 3.8) is 0 Å². The lowest BCUT2D eigenvalue weighted by Crippen LogP contribution is -2.53. The average Bonchev–Trinajstić information content (AvgIpc) is 2.46. The number of aryl methyl sites for hydroxylation is 1. The molecule has 1 saturated heterocycles. The van der Waals surface area contributed by atoms with Crippen LogP contribution in [0.3, 0.4) is 0 Å². The topological polar surface area (TPSA) is 37.4 Å². The van der Waals surface area contributed by atoms with Crippen LogP contribution in [0.1, 0.15) is 37.7 Å². The number of benzene rings is 1. The van der Waals surface area contributed by atoms with Crippen molar-refractivity contribution in [2.75, 3.05) is 6.54 Å². The number of hydrogen-bond donors (Lipinski definition) is 0. The number of nitrogens with zero attached hydrogens (tertiary/aromatic N) is 1. The Morgan fingerprint density at radius 2 is 1.81 bits per heavy atom. The van der Waals surface area contributed by atoms with Gasteiger partial charge in [-0.3, -0.25) is 0 Å². The third-order valence-corrected chi connectivity index (χ3v) is 6.71. The van der Waals surface area contributed by atoms with Crippen molar-refractivity contribution in [2.24, 2.45) is 5.92 Å². The number of sulfonamides is 1. The molecule has 0 bridgehead atoms. The van der Waals surface area contributed by atoms with Gasteiger partial charge >= 0.3 is 0 Å². The Morgan fingerprint density at radius 1 is 1.14 bits per heavy atom. The number of alkyl halides is 1. The van der Waals surface area contributed by atoms with Crippen molar-refractivity contribution in [2.45, 2.75) is 56.1 Å². The number of piperidine rings is 1. The molecule has 1 aliphatic heterocycles. The summed E-state index contributed by atoms with van der Waals surface area (Å²) < 4.78 is 41.2. The molecular formula is C16H22FNO2S. The summed E-state index contributed by atoms with van der Waals surface area (Å²) in [5, 5.41) is 0. The summed E-state index contributed by atoms with van der Waals surface area (Å²) in [5.41, 5.74) is 1.02. The van der Waals surface area contributed by atoms with Crippen molar-refractivity contribution in [3.8, 4) is 0 Å². The van der Waals surface area contributed by atoms with Gasteiger partial charge in [0.1, 0.15) is 6.17 Å². The summed E-state index contributed by atoms with van der Waals surface area (Å²) in [6.07, 6.45) is 3.42. The van der Waals surface area contributed by atoms with Crippen LogP contribution in [0.25, 0.3) is 0 Å². The van der Waals surface area contributed by atoms with Gasteiger partial charge in [-0.1, -0.05) is 30.5 Å². The van der Waals surface area contributed by atoms with Gasteiger partial charge in [0.15, 0.2) is 0 Å². The van der Waals surface area contributed by atoms with Crippen LogP contribution in [0.5, 0.6) is 0 Å². The fourth-order valence-corrected chi connectivity index (χ4v) is 5.44. The molecule has 116 valence electrons. The summed E-state index contributed by atoms with van der Waals surface area (Å²) in [5.74, 6) is 0.183. The molecule has 0 aromatic heterocycles. The number of rotatable bonds is 2. The first-order valence-electron chi connectivity index (χ1n) is 7.71. The Morgan fingerprint density at radius 3 is 2.52 bits per heavy atom. The molecule has 1 heterocycles. The first-order chi connectivity index (χ1) is 9.98. The van der Waals surface area contributed by atoms with E-state index in [0.717, 1.165) is 31.2 Å². The second-order valence-corrected chi connectivity index (χ2v) is 8.22. The fourth-order valence-electron chi connectivity index (χ4n) is 3.70. The molecule has 0 amide bonds. The minimum atomic E-state index is -3.59. The Bertz CT molecular complexity index is 599. The molecule has 1 aromatic carbocycles. The van der Waals surface area contributed by atoms with E-state index in [1.165, 1.54) is 4.31 Å². The van der Waals surface area contributed by atoms with Crippen LogP contribution in [0.4, 0.5) is 4.39 Å². The normalized spacial score (nSPS) is 30.9. The maximum atomic E-state index is 14.0. The summed E-state index contributed by atoms with van der Waals surface area (Å²) in [6.45, 7) is 1.93. The zero-order valence-corrected chi connectivity index (χ0v) is 13.2. The molecular weight excluding hydrogens is 289 g/mol. The van der Waals surface area contributed by atoms with Gasteiger partial charge in [-0.15, -0.1) is 0 Å². The van der Waals surface area contributed by atoms with E-state index in [-0.39, 0.29) is 23.4 Å². The molecule has 0 N–H and O–H groups in total. The summed E-state index contributed by atoms with van der Waals surface area (Å²) in [4.78, 5) is 0.284. The largest absolute Gasteiger partial charge is 0.246 e. The molecule has 3 rings (SSSR count). The Hall–Kier alpha value is -0.940. The lowest BCUT2D eigenvalue weighted by Gasteiger charge is -2.44. The first-order valence-corrected chi connectivity index (χ1v) is 9.15. The monoisotopic (exact) mass is 311 g/mol. The predicted molar refractivity (Wildman–Crippen MR) is 80.3 cm³/mol. The molecule has 0 radical (unpaired) electrons. The third kappa shape index (κ3) is 2.86. The number of halogens is 1. The van der Waals surface area contributed by atoms with Crippen LogP contribution in [0.2, 0.25) is 0 Å². The van der Waals surface area contributed by atoms with Crippen LogP contribution in [0, 0.1) is 12.8 Å². The van der Waals surface area contributed by atoms with Crippen LogP contribution in [-0.4, -0.2) is 31.5 Å². The van der Waals surface area contributed by atoms with Gasteiger partial charge in [0, 0.05) is 12.6 Å². The van der Waals surface area contributed by atoms with Crippen molar-refractivity contribution in [1.82, 2.24) is 4.31 Å². The highest BCUT2D eigenvalue weighted by Gasteiger charge is 2.43. The molecule has 1 saturated carbocycles. The first kappa shape index (κ1) is 15.0. The quantitative estimate of drug-likeness (QED) is 0.840. The lowest BCUT2D eigenvalue weighted by atomic mass is 9.79. The molecule has 2 aliphatic rings. The molecule has 2 fully saturated rings. The molecule has 1 aromatic rings. The van der Waals surface area contributed by atoms with Crippen LogP contribution in [0.15, 0.2) is 29.2 Å². The van der Waals surface area contributed by atoms with Crippen molar-refractivity contribution >= 4 is 10.0 Å². The molecule has 0 spiro atoms. The molecule has 3 atom stereocenters. The maximum absolute atomic E-state index is 14.0. The zero-order valence-electron chi connectivity index (χ0n) is 12.3. The van der Waals surface area contributed by atoms with E-state index in [2.05, 4.69) is 0 Å². The summed E-state index contributed by atoms with van der Waals surface area (Å²) >= 11 is 0. The smallest absolute Gasteiger partial charge is 0.243 e. The van der Waals surface area contributed by atoms with E-state index >= 15 is 0 Å². The van der Waals surface area contributed by atoms with Gasteiger partial charge in [0.2, 0.25) is 10.0 Å². The van der Waals surface area contributed by atoms with Crippen molar-refractivity contribution in [3.05, 3.63) is 29.8 Å². The van der Waals surface area contributed by atoms with E-state index < -0.39 is 16.2 Å². The second kappa shape index (κ2) is 5.69. The zero-order chi connectivity index (χ0) is 15.0. The SMILES string of the molecule is Cc1ccc(S(=O)(=O)N2C[C@@H](F)C[C@@H]3CCCC[C@H]32)cc1. The van der Waals surface area contributed by atoms with Crippen LogP contribution >= 0.6 is 0 Å². The highest BCUT2D eigenvalue weighted by atomic mass is 32.2. The van der Waals surface area contributed by atoms with Gasteiger partial charge < -0.3 is 0 Å². The van der Waals surface area contributed by atoms with Gasteiger partial charge in [0.25, 0.3) is 0 Å². The molecule has 1 aliphatic carbocycles. The molecule has 21 heavy (non-hydrogen) atoms. The van der Waals surface area contributed by atoms with E-state index in [0.29, 0.717) is 6.42 Å². The van der Waals surface area contributed by atoms with E-state index in [1.807, 2.05) is 6.92 Å². The van der Waals surface area contributed by atoms with Gasteiger partial charge in [-0.25, -0.2) is 12.8 Å². The number of hydrogen-bond acceptors (Lipinski definition) is 2. The summed E-state index contributed by atoms with van der Waals surface area (Å²) in [6, 6.07) is 6.83. The minimum absolute atomic E-state index is 0.0113. The fraction of sp³-hybridized carbons (Fsp3) is 0.625. The highest BCUT2D eigenvalue weighted by molar-refractivity contribution is 7.89. The second-order valence-electron chi connectivity index (χ2n) is 6.33. The van der Waals surface area contributed by atoms with E-state index in [9.17, 15) is 12.8 Å².